The van der Waals surface area contributed by atoms with E-state index in [4.69, 9.17) is 0 Å². The molecule has 0 radical (unpaired) electrons. The van der Waals surface area contributed by atoms with E-state index in [1.165, 1.54) is 126 Å². The summed E-state index contributed by atoms with van der Waals surface area (Å²) < 4.78 is 2.53. The van der Waals surface area contributed by atoms with E-state index in [1.54, 1.807) is 0 Å². The molecule has 0 aliphatic heterocycles. The smallest absolute Gasteiger partial charge is 0.0553 e. The molecule has 12 rings (SSSR count). The van der Waals surface area contributed by atoms with Crippen molar-refractivity contribution >= 4 is 81.7 Å². The zero-order valence-corrected chi connectivity index (χ0v) is 31.4. The third-order valence-corrected chi connectivity index (χ3v) is 12.3. The zero-order chi connectivity index (χ0) is 37.1. The summed E-state index contributed by atoms with van der Waals surface area (Å²) in [4.78, 5) is 0. The fourth-order valence-electron chi connectivity index (χ4n) is 10.0. The molecule has 1 aromatic heterocycles. The van der Waals surface area contributed by atoms with Crippen molar-refractivity contribution < 1.29 is 0 Å². The van der Waals surface area contributed by atoms with Gasteiger partial charge in [-0.25, -0.2) is 0 Å². The Bertz CT molecular complexity index is 3490. The fraction of sp³-hybridized carbons (Fsp3) is 0.0545. The van der Waals surface area contributed by atoms with Gasteiger partial charge < -0.3 is 4.57 Å². The highest BCUT2D eigenvalue weighted by atomic mass is 15.0. The second-order valence-electron chi connectivity index (χ2n) is 15.8. The number of hydrogen-bond donors (Lipinski definition) is 0. The molecule has 262 valence electrons. The average molecular weight is 712 g/mol. The number of fused-ring (bicyclic) bond motifs is 12. The molecule has 10 aromatic carbocycles. The first-order valence-corrected chi connectivity index (χ1v) is 19.7. The van der Waals surface area contributed by atoms with Crippen LogP contribution in [0.25, 0.3) is 110 Å². The van der Waals surface area contributed by atoms with E-state index in [0.29, 0.717) is 0 Å². The zero-order valence-electron chi connectivity index (χ0n) is 31.4. The Hall–Kier alpha value is -6.96. The Balaban J connectivity index is 1.18. The van der Waals surface area contributed by atoms with E-state index in [1.807, 2.05) is 0 Å². The summed E-state index contributed by atoms with van der Waals surface area (Å²) in [5.74, 6) is 0. The standard InChI is InChI=1S/C55H37N/c1-33-26-34(2)28-43(27-33)56-50-25-24-46-44-15-6-7-16-45(44)49-31-41(40-21-20-38-29-37(18-19-39(38)30-40)35-10-4-3-5-11-35)22-23-47(49)53(46)55(50)54-48-17-9-13-36-12-8-14-42(52(36)48)32-51(54)56/h3-11,13-32H,12H2,1-2H3. The highest BCUT2D eigenvalue weighted by molar-refractivity contribution is 6.38. The molecule has 1 nitrogen and oxygen atoms in total. The minimum Gasteiger partial charge on any atom is -0.309 e. The van der Waals surface area contributed by atoms with Crippen LogP contribution in [-0.4, -0.2) is 4.57 Å². The van der Waals surface area contributed by atoms with Crippen LogP contribution in [0.2, 0.25) is 0 Å². The largest absolute Gasteiger partial charge is 0.309 e. The summed E-state index contributed by atoms with van der Waals surface area (Å²) in [5, 5.41) is 15.7. The monoisotopic (exact) mass is 711 g/mol. The number of aromatic nitrogens is 1. The van der Waals surface area contributed by atoms with Crippen LogP contribution in [0.1, 0.15) is 22.3 Å². The molecule has 0 spiro atoms. The van der Waals surface area contributed by atoms with Crippen LogP contribution in [0.15, 0.2) is 170 Å². The van der Waals surface area contributed by atoms with Crippen molar-refractivity contribution in [2.24, 2.45) is 0 Å². The maximum Gasteiger partial charge on any atom is 0.0553 e. The maximum atomic E-state index is 2.53. The van der Waals surface area contributed by atoms with Crippen molar-refractivity contribution in [2.75, 3.05) is 0 Å². The van der Waals surface area contributed by atoms with Gasteiger partial charge in [-0.15, -0.1) is 0 Å². The van der Waals surface area contributed by atoms with Crippen LogP contribution in [0.4, 0.5) is 0 Å². The van der Waals surface area contributed by atoms with Crippen LogP contribution in [0, 0.1) is 13.8 Å². The summed E-state index contributed by atoms with van der Waals surface area (Å²) in [7, 11) is 0. The van der Waals surface area contributed by atoms with Gasteiger partial charge in [-0.1, -0.05) is 133 Å². The second kappa shape index (κ2) is 11.8. The van der Waals surface area contributed by atoms with Gasteiger partial charge in [0.25, 0.3) is 0 Å². The molecule has 0 saturated carbocycles. The molecule has 0 fully saturated rings. The molecule has 0 N–H and O–H groups in total. The van der Waals surface area contributed by atoms with Gasteiger partial charge in [0.2, 0.25) is 0 Å². The molecule has 0 atom stereocenters. The van der Waals surface area contributed by atoms with Gasteiger partial charge in [0, 0.05) is 21.8 Å². The van der Waals surface area contributed by atoms with Crippen molar-refractivity contribution in [3.63, 3.8) is 0 Å². The topological polar surface area (TPSA) is 4.93 Å². The Kier molecular flexibility index (Phi) is 6.60. The summed E-state index contributed by atoms with van der Waals surface area (Å²) in [6, 6.07) is 61.7. The van der Waals surface area contributed by atoms with Gasteiger partial charge in [-0.3, -0.25) is 0 Å². The average Bonchev–Trinajstić information content (AvgIpc) is 3.58. The molecule has 0 amide bonds. The van der Waals surface area contributed by atoms with Gasteiger partial charge in [-0.2, -0.15) is 0 Å². The van der Waals surface area contributed by atoms with E-state index in [-0.39, 0.29) is 0 Å². The molecular weight excluding hydrogens is 675 g/mol. The fourth-order valence-corrected chi connectivity index (χ4v) is 10.0. The lowest BCUT2D eigenvalue weighted by Gasteiger charge is -2.15. The molecule has 1 aliphatic carbocycles. The molecule has 1 heterocycles. The maximum absolute atomic E-state index is 2.53. The minimum absolute atomic E-state index is 0.964. The lowest BCUT2D eigenvalue weighted by Crippen LogP contribution is -1.97. The van der Waals surface area contributed by atoms with Crippen molar-refractivity contribution in [3.05, 3.63) is 192 Å². The number of aryl methyl sites for hydroxylation is 2. The highest BCUT2D eigenvalue weighted by Crippen LogP contribution is 2.47. The lowest BCUT2D eigenvalue weighted by atomic mass is 9.87. The predicted molar refractivity (Wildman–Crippen MR) is 241 cm³/mol. The van der Waals surface area contributed by atoms with Crippen molar-refractivity contribution in [1.29, 1.82) is 0 Å². The number of nitrogens with zero attached hydrogens (tertiary/aromatic N) is 1. The van der Waals surface area contributed by atoms with E-state index in [0.717, 1.165) is 6.42 Å². The van der Waals surface area contributed by atoms with Crippen molar-refractivity contribution in [1.82, 2.24) is 4.57 Å². The van der Waals surface area contributed by atoms with E-state index >= 15 is 0 Å². The van der Waals surface area contributed by atoms with Gasteiger partial charge in [0.05, 0.1) is 11.0 Å². The van der Waals surface area contributed by atoms with Crippen molar-refractivity contribution in [3.8, 4) is 27.9 Å². The molecule has 1 heteroatoms. The molecule has 11 aromatic rings. The SMILES string of the molecule is Cc1cc(C)cc(-n2c3cc4c5c(cccc5c3c3c5c(ccc32)c2ccccc2c2cc(-c3ccc6cc(-c7ccccc7)ccc6c3)ccc25)CC=C4)c1. The van der Waals surface area contributed by atoms with Crippen LogP contribution in [0.3, 0.4) is 0 Å². The van der Waals surface area contributed by atoms with Crippen LogP contribution in [0.5, 0.6) is 0 Å². The molecular formula is C55H37N. The van der Waals surface area contributed by atoms with Gasteiger partial charge in [0.15, 0.2) is 0 Å². The Morgan fingerprint density at radius 3 is 1.82 bits per heavy atom. The lowest BCUT2D eigenvalue weighted by molar-refractivity contribution is 1.16. The van der Waals surface area contributed by atoms with Gasteiger partial charge in [0.1, 0.15) is 0 Å². The molecule has 0 bridgehead atoms. The Labute approximate surface area is 325 Å². The van der Waals surface area contributed by atoms with E-state index in [2.05, 4.69) is 194 Å². The number of hydrogen-bond acceptors (Lipinski definition) is 0. The first-order chi connectivity index (χ1) is 27.6. The number of allylic oxidation sites excluding steroid dienone is 1. The molecule has 0 unspecified atom stereocenters. The Morgan fingerprint density at radius 1 is 0.393 bits per heavy atom. The normalized spacial score (nSPS) is 12.7. The summed E-state index contributed by atoms with van der Waals surface area (Å²) in [6.45, 7) is 4.42. The minimum atomic E-state index is 0.964. The molecule has 0 saturated heterocycles. The third-order valence-electron chi connectivity index (χ3n) is 12.3. The number of rotatable bonds is 3. The highest BCUT2D eigenvalue weighted by Gasteiger charge is 2.23. The first-order valence-electron chi connectivity index (χ1n) is 19.7. The van der Waals surface area contributed by atoms with E-state index in [9.17, 15) is 0 Å². The van der Waals surface area contributed by atoms with Crippen LogP contribution >= 0.6 is 0 Å². The molecule has 1 aliphatic rings. The first kappa shape index (κ1) is 31.4. The summed E-state index contributed by atoms with van der Waals surface area (Å²) in [5.41, 5.74) is 13.9. The third kappa shape index (κ3) is 4.55. The van der Waals surface area contributed by atoms with E-state index < -0.39 is 0 Å². The second-order valence-corrected chi connectivity index (χ2v) is 15.8. The van der Waals surface area contributed by atoms with Crippen LogP contribution < -0.4 is 0 Å². The predicted octanol–water partition coefficient (Wildman–Crippen LogP) is 15.1. The quantitative estimate of drug-likeness (QED) is 0.161. The van der Waals surface area contributed by atoms with Gasteiger partial charge in [-0.05, 0) is 156 Å². The summed E-state index contributed by atoms with van der Waals surface area (Å²) >= 11 is 0. The Morgan fingerprint density at radius 2 is 1.04 bits per heavy atom. The van der Waals surface area contributed by atoms with Gasteiger partial charge >= 0.3 is 0 Å². The summed E-state index contributed by atoms with van der Waals surface area (Å²) in [6.07, 6.45) is 5.61. The number of benzene rings is 10. The van der Waals surface area contributed by atoms with Crippen LogP contribution in [-0.2, 0) is 6.42 Å². The molecule has 56 heavy (non-hydrogen) atoms. The van der Waals surface area contributed by atoms with Crippen molar-refractivity contribution in [2.45, 2.75) is 20.3 Å².